The Labute approximate surface area is 129 Å². The summed E-state index contributed by atoms with van der Waals surface area (Å²) in [7, 11) is 0. The van der Waals surface area contributed by atoms with Crippen molar-refractivity contribution in [2.24, 2.45) is 0 Å². The molecule has 0 radical (unpaired) electrons. The van der Waals surface area contributed by atoms with E-state index in [1.165, 1.54) is 12.1 Å². The summed E-state index contributed by atoms with van der Waals surface area (Å²) in [4.78, 5) is 23.6. The van der Waals surface area contributed by atoms with Gasteiger partial charge < -0.3 is 5.32 Å². The molecule has 2 aromatic rings. The number of rotatable bonds is 7. The van der Waals surface area contributed by atoms with Crippen molar-refractivity contribution in [1.82, 2.24) is 5.32 Å². The number of halogens is 1. The van der Waals surface area contributed by atoms with Crippen molar-refractivity contribution in [2.75, 3.05) is 6.54 Å². The molecule has 4 heteroatoms. The fraction of sp³-hybridized carbons (Fsp3) is 0.222. The van der Waals surface area contributed by atoms with Crippen LogP contribution in [0, 0.1) is 5.82 Å². The summed E-state index contributed by atoms with van der Waals surface area (Å²) in [6.07, 6.45) is 0.919. The molecular formula is C18H18FNO2. The predicted octanol–water partition coefficient (Wildman–Crippen LogP) is 3.15. The molecule has 2 rings (SSSR count). The summed E-state index contributed by atoms with van der Waals surface area (Å²) >= 11 is 0. The Balaban J connectivity index is 1.69. The highest BCUT2D eigenvalue weighted by molar-refractivity contribution is 5.97. The van der Waals surface area contributed by atoms with E-state index in [-0.39, 0.29) is 30.3 Å². The van der Waals surface area contributed by atoms with Crippen LogP contribution in [0.25, 0.3) is 0 Å². The second kappa shape index (κ2) is 8.08. The van der Waals surface area contributed by atoms with E-state index in [1.54, 1.807) is 30.3 Å². The molecule has 3 nitrogen and oxygen atoms in total. The Morgan fingerprint density at radius 2 is 1.73 bits per heavy atom. The van der Waals surface area contributed by atoms with E-state index in [0.29, 0.717) is 18.5 Å². The smallest absolute Gasteiger partial charge is 0.220 e. The minimum absolute atomic E-state index is 0.0409. The Kier molecular flexibility index (Phi) is 5.83. The summed E-state index contributed by atoms with van der Waals surface area (Å²) in [5, 5.41) is 2.74. The summed E-state index contributed by atoms with van der Waals surface area (Å²) in [6.45, 7) is 0.432. The van der Waals surface area contributed by atoms with Gasteiger partial charge in [-0.1, -0.05) is 42.5 Å². The Morgan fingerprint density at radius 1 is 0.955 bits per heavy atom. The molecule has 0 aliphatic heterocycles. The van der Waals surface area contributed by atoms with Gasteiger partial charge in [0.1, 0.15) is 5.82 Å². The molecule has 0 atom stereocenters. The van der Waals surface area contributed by atoms with Crippen LogP contribution < -0.4 is 5.32 Å². The van der Waals surface area contributed by atoms with E-state index >= 15 is 0 Å². The second-order valence-electron chi connectivity index (χ2n) is 5.02. The predicted molar refractivity (Wildman–Crippen MR) is 83.1 cm³/mol. The average molecular weight is 299 g/mol. The normalized spacial score (nSPS) is 10.2. The van der Waals surface area contributed by atoms with Gasteiger partial charge in [-0.15, -0.1) is 0 Å². The lowest BCUT2D eigenvalue weighted by Crippen LogP contribution is -2.26. The van der Waals surface area contributed by atoms with Crippen molar-refractivity contribution in [1.29, 1.82) is 0 Å². The molecule has 22 heavy (non-hydrogen) atoms. The maximum absolute atomic E-state index is 13.0. The SMILES string of the molecule is O=C(CCC(=O)c1ccccc1)NCCc1cccc(F)c1. The summed E-state index contributed by atoms with van der Waals surface area (Å²) in [6, 6.07) is 15.2. The first-order chi connectivity index (χ1) is 10.6. The van der Waals surface area contributed by atoms with Crippen molar-refractivity contribution in [3.8, 4) is 0 Å². The monoisotopic (exact) mass is 299 g/mol. The van der Waals surface area contributed by atoms with Gasteiger partial charge in [0.15, 0.2) is 5.78 Å². The molecule has 1 N–H and O–H groups in total. The Bertz CT molecular complexity index is 641. The van der Waals surface area contributed by atoms with Crippen LogP contribution in [0.1, 0.15) is 28.8 Å². The number of Topliss-reactive ketones (excluding diaryl/α,β-unsaturated/α-hetero) is 1. The molecule has 0 heterocycles. The zero-order chi connectivity index (χ0) is 15.8. The first-order valence-electron chi connectivity index (χ1n) is 7.24. The van der Waals surface area contributed by atoms with Gasteiger partial charge in [0, 0.05) is 24.9 Å². The van der Waals surface area contributed by atoms with Crippen molar-refractivity contribution in [3.63, 3.8) is 0 Å². The van der Waals surface area contributed by atoms with E-state index in [9.17, 15) is 14.0 Å². The van der Waals surface area contributed by atoms with Gasteiger partial charge in [-0.3, -0.25) is 9.59 Å². The van der Waals surface area contributed by atoms with Crippen molar-refractivity contribution < 1.29 is 14.0 Å². The number of hydrogen-bond donors (Lipinski definition) is 1. The third kappa shape index (κ3) is 5.13. The average Bonchev–Trinajstić information content (AvgIpc) is 2.53. The zero-order valence-corrected chi connectivity index (χ0v) is 12.2. The number of benzene rings is 2. The van der Waals surface area contributed by atoms with E-state index in [2.05, 4.69) is 5.32 Å². The second-order valence-corrected chi connectivity index (χ2v) is 5.02. The molecule has 0 saturated carbocycles. The Morgan fingerprint density at radius 3 is 2.45 bits per heavy atom. The molecule has 0 aromatic heterocycles. The van der Waals surface area contributed by atoms with E-state index in [4.69, 9.17) is 0 Å². The number of nitrogens with one attached hydrogen (secondary N) is 1. The van der Waals surface area contributed by atoms with Crippen molar-refractivity contribution >= 4 is 11.7 Å². The van der Waals surface area contributed by atoms with E-state index < -0.39 is 0 Å². The van der Waals surface area contributed by atoms with Crippen LogP contribution in [0.4, 0.5) is 4.39 Å². The molecule has 0 saturated heterocycles. The van der Waals surface area contributed by atoms with E-state index in [1.807, 2.05) is 12.1 Å². The maximum Gasteiger partial charge on any atom is 0.220 e. The fourth-order valence-corrected chi connectivity index (χ4v) is 2.12. The molecule has 2 aromatic carbocycles. The molecule has 0 aliphatic rings. The highest BCUT2D eigenvalue weighted by Gasteiger charge is 2.08. The van der Waals surface area contributed by atoms with Crippen LogP contribution >= 0.6 is 0 Å². The largest absolute Gasteiger partial charge is 0.356 e. The van der Waals surface area contributed by atoms with Crippen LogP contribution in [-0.2, 0) is 11.2 Å². The molecule has 0 fully saturated rings. The highest BCUT2D eigenvalue weighted by atomic mass is 19.1. The minimum atomic E-state index is -0.280. The molecule has 0 bridgehead atoms. The molecule has 0 aliphatic carbocycles. The molecule has 0 unspecified atom stereocenters. The summed E-state index contributed by atoms with van der Waals surface area (Å²) < 4.78 is 13.0. The highest BCUT2D eigenvalue weighted by Crippen LogP contribution is 2.06. The number of carbonyl (C=O) groups is 2. The topological polar surface area (TPSA) is 46.2 Å². The number of hydrogen-bond acceptors (Lipinski definition) is 2. The minimum Gasteiger partial charge on any atom is -0.356 e. The first-order valence-corrected chi connectivity index (χ1v) is 7.24. The lowest BCUT2D eigenvalue weighted by molar-refractivity contribution is -0.121. The van der Waals surface area contributed by atoms with E-state index in [0.717, 1.165) is 5.56 Å². The van der Waals surface area contributed by atoms with Gasteiger partial charge in [-0.05, 0) is 24.1 Å². The van der Waals surface area contributed by atoms with Crippen LogP contribution in [0.3, 0.4) is 0 Å². The van der Waals surface area contributed by atoms with Gasteiger partial charge in [0.05, 0.1) is 0 Å². The summed E-state index contributed by atoms with van der Waals surface area (Å²) in [5.74, 6) is -0.487. The Hall–Kier alpha value is -2.49. The lowest BCUT2D eigenvalue weighted by atomic mass is 10.1. The van der Waals surface area contributed by atoms with Gasteiger partial charge in [0.2, 0.25) is 5.91 Å². The lowest BCUT2D eigenvalue weighted by Gasteiger charge is -2.05. The third-order valence-corrected chi connectivity index (χ3v) is 3.30. The van der Waals surface area contributed by atoms with Crippen LogP contribution in [0.2, 0.25) is 0 Å². The summed E-state index contributed by atoms with van der Waals surface area (Å²) in [5.41, 5.74) is 1.45. The van der Waals surface area contributed by atoms with Crippen LogP contribution in [0.5, 0.6) is 0 Å². The third-order valence-electron chi connectivity index (χ3n) is 3.30. The first kappa shape index (κ1) is 15.9. The maximum atomic E-state index is 13.0. The van der Waals surface area contributed by atoms with Gasteiger partial charge >= 0.3 is 0 Å². The molecule has 0 spiro atoms. The van der Waals surface area contributed by atoms with Gasteiger partial charge in [0.25, 0.3) is 0 Å². The number of amides is 1. The van der Waals surface area contributed by atoms with Crippen LogP contribution in [-0.4, -0.2) is 18.2 Å². The number of carbonyl (C=O) groups excluding carboxylic acids is 2. The van der Waals surface area contributed by atoms with Crippen LogP contribution in [0.15, 0.2) is 54.6 Å². The van der Waals surface area contributed by atoms with Crippen molar-refractivity contribution in [3.05, 3.63) is 71.5 Å². The molecule has 114 valence electrons. The zero-order valence-electron chi connectivity index (χ0n) is 12.2. The van der Waals surface area contributed by atoms with Gasteiger partial charge in [-0.25, -0.2) is 4.39 Å². The van der Waals surface area contributed by atoms with Gasteiger partial charge in [-0.2, -0.15) is 0 Å². The quantitative estimate of drug-likeness (QED) is 0.798. The van der Waals surface area contributed by atoms with Crippen molar-refractivity contribution in [2.45, 2.75) is 19.3 Å². The molecule has 1 amide bonds. The molecular weight excluding hydrogens is 281 g/mol. The fourth-order valence-electron chi connectivity index (χ4n) is 2.12. The standard InChI is InChI=1S/C18H18FNO2/c19-16-8-4-5-14(13-16)11-12-20-18(22)10-9-17(21)15-6-2-1-3-7-15/h1-8,13H,9-12H2,(H,20,22). The number of ketones is 1.